The van der Waals surface area contributed by atoms with Gasteiger partial charge in [-0.15, -0.1) is 0 Å². The summed E-state index contributed by atoms with van der Waals surface area (Å²) in [5, 5.41) is 0. The molecule has 4 heteroatoms. The van der Waals surface area contributed by atoms with Gasteiger partial charge in [0.05, 0.1) is 0 Å². The molecule has 0 amide bonds. The van der Waals surface area contributed by atoms with E-state index in [2.05, 4.69) is 16.1 Å². The minimum atomic E-state index is -0.550. The molecule has 0 aliphatic rings. The molecule has 0 saturated heterocycles. The van der Waals surface area contributed by atoms with Crippen molar-refractivity contribution in [1.29, 1.82) is 0 Å². The van der Waals surface area contributed by atoms with Crippen molar-refractivity contribution in [3.63, 3.8) is 0 Å². The van der Waals surface area contributed by atoms with Crippen LogP contribution in [0.3, 0.4) is 0 Å². The van der Waals surface area contributed by atoms with Crippen LogP contribution in [-0.4, -0.2) is 11.9 Å². The number of rotatable bonds is 3. The molecule has 72 valence electrons. The second-order valence-corrected chi connectivity index (χ2v) is 2.51. The van der Waals surface area contributed by atoms with Crippen molar-refractivity contribution in [2.45, 2.75) is 20.8 Å². The molecule has 0 aliphatic heterocycles. The van der Waals surface area contributed by atoms with E-state index in [1.165, 1.54) is 20.8 Å². The molecule has 0 rings (SSSR count). The van der Waals surface area contributed by atoms with Gasteiger partial charge >= 0.3 is 11.9 Å². The molecule has 0 aliphatic carbocycles. The predicted octanol–water partition coefficient (Wildman–Crippen LogP) is 1.53. The van der Waals surface area contributed by atoms with E-state index >= 15 is 0 Å². The first-order chi connectivity index (χ1) is 5.93. The number of ether oxygens (including phenoxy) is 2. The highest BCUT2D eigenvalue weighted by Gasteiger charge is 2.01. The Balaban J connectivity index is 4.04. The van der Waals surface area contributed by atoms with Crippen molar-refractivity contribution in [1.82, 2.24) is 0 Å². The van der Waals surface area contributed by atoms with Crippen molar-refractivity contribution in [3.05, 3.63) is 24.2 Å². The predicted molar refractivity (Wildman–Crippen MR) is 46.4 cm³/mol. The maximum absolute atomic E-state index is 10.8. The highest BCUT2D eigenvalue weighted by Crippen LogP contribution is 1.99. The van der Waals surface area contributed by atoms with Crippen LogP contribution in [0.4, 0.5) is 0 Å². The zero-order chi connectivity index (χ0) is 10.4. The molecule has 0 heterocycles. The molecule has 0 bridgehead atoms. The van der Waals surface area contributed by atoms with Gasteiger partial charge in [-0.3, -0.25) is 4.79 Å². The Morgan fingerprint density at radius 1 is 1.23 bits per heavy atom. The van der Waals surface area contributed by atoms with Crippen LogP contribution in [0.2, 0.25) is 0 Å². The Labute approximate surface area is 76.8 Å². The lowest BCUT2D eigenvalue weighted by Crippen LogP contribution is -2.02. The van der Waals surface area contributed by atoms with E-state index in [4.69, 9.17) is 0 Å². The van der Waals surface area contributed by atoms with Gasteiger partial charge in [0.25, 0.3) is 0 Å². The van der Waals surface area contributed by atoms with Gasteiger partial charge in [0.15, 0.2) is 0 Å². The molecular weight excluding hydrogens is 172 g/mol. The van der Waals surface area contributed by atoms with Crippen LogP contribution in [0.1, 0.15) is 20.8 Å². The standard InChI is InChI=1S/C9H12O4/c1-6(2)9(11)12-5-7(3)13-8(4)10/h5H,1H2,2-4H3. The Morgan fingerprint density at radius 3 is 2.15 bits per heavy atom. The second-order valence-electron chi connectivity index (χ2n) is 2.51. The fourth-order valence-electron chi connectivity index (χ4n) is 0.488. The first-order valence-corrected chi connectivity index (χ1v) is 3.65. The van der Waals surface area contributed by atoms with Gasteiger partial charge < -0.3 is 9.47 Å². The molecule has 0 atom stereocenters. The number of hydrogen-bond donors (Lipinski definition) is 0. The van der Waals surface area contributed by atoms with Gasteiger partial charge in [-0.25, -0.2) is 4.79 Å². The summed E-state index contributed by atoms with van der Waals surface area (Å²) in [5.74, 6) is -0.784. The van der Waals surface area contributed by atoms with Crippen LogP contribution in [0.15, 0.2) is 24.2 Å². The number of carbonyl (C=O) groups is 2. The van der Waals surface area contributed by atoms with Gasteiger partial charge in [-0.05, 0) is 13.8 Å². The Kier molecular flexibility index (Phi) is 4.51. The second kappa shape index (κ2) is 5.13. The lowest BCUT2D eigenvalue weighted by Gasteiger charge is -2.01. The summed E-state index contributed by atoms with van der Waals surface area (Å²) in [5.41, 5.74) is 0.284. The molecule has 0 aromatic carbocycles. The molecule has 0 unspecified atom stereocenters. The van der Waals surface area contributed by atoms with Crippen molar-refractivity contribution < 1.29 is 19.1 Å². The van der Waals surface area contributed by atoms with Crippen LogP contribution in [0.5, 0.6) is 0 Å². The molecule has 0 aromatic heterocycles. The van der Waals surface area contributed by atoms with Crippen LogP contribution in [0, 0.1) is 0 Å². The molecule has 0 radical (unpaired) electrons. The average Bonchev–Trinajstić information content (AvgIpc) is 1.98. The van der Waals surface area contributed by atoms with Crippen LogP contribution in [0.25, 0.3) is 0 Å². The van der Waals surface area contributed by atoms with Crippen molar-refractivity contribution >= 4 is 11.9 Å². The fraction of sp³-hybridized carbons (Fsp3) is 0.333. The lowest BCUT2D eigenvalue weighted by atomic mass is 10.4. The first-order valence-electron chi connectivity index (χ1n) is 3.65. The van der Waals surface area contributed by atoms with E-state index < -0.39 is 11.9 Å². The molecule has 0 saturated carbocycles. The summed E-state index contributed by atoms with van der Waals surface area (Å²) in [6.07, 6.45) is 1.07. The molecule has 0 fully saturated rings. The smallest absolute Gasteiger partial charge is 0.338 e. The van der Waals surface area contributed by atoms with E-state index in [-0.39, 0.29) is 11.3 Å². The van der Waals surface area contributed by atoms with E-state index in [1.54, 1.807) is 0 Å². The third-order valence-electron chi connectivity index (χ3n) is 0.985. The largest absolute Gasteiger partial charge is 0.428 e. The summed E-state index contributed by atoms with van der Waals surface area (Å²) in [6.45, 7) is 7.68. The molecule has 0 aromatic rings. The van der Waals surface area contributed by atoms with Crippen LogP contribution >= 0.6 is 0 Å². The molecular formula is C9H12O4. The van der Waals surface area contributed by atoms with Gasteiger partial charge in [0, 0.05) is 12.5 Å². The average molecular weight is 184 g/mol. The summed E-state index contributed by atoms with van der Waals surface area (Å²) in [6, 6.07) is 0. The highest BCUT2D eigenvalue weighted by atomic mass is 16.6. The van der Waals surface area contributed by atoms with Gasteiger partial charge in [0.2, 0.25) is 0 Å². The summed E-state index contributed by atoms with van der Waals surface area (Å²) in [4.78, 5) is 21.2. The monoisotopic (exact) mass is 184 g/mol. The minimum Gasteiger partial charge on any atom is -0.428 e. The fourth-order valence-corrected chi connectivity index (χ4v) is 0.488. The van der Waals surface area contributed by atoms with E-state index in [9.17, 15) is 9.59 Å². The van der Waals surface area contributed by atoms with Crippen LogP contribution in [-0.2, 0) is 19.1 Å². The lowest BCUT2D eigenvalue weighted by molar-refractivity contribution is -0.139. The summed E-state index contributed by atoms with van der Waals surface area (Å²) >= 11 is 0. The summed E-state index contributed by atoms with van der Waals surface area (Å²) in [7, 11) is 0. The number of esters is 2. The third-order valence-corrected chi connectivity index (χ3v) is 0.985. The van der Waals surface area contributed by atoms with Gasteiger partial charge in [0.1, 0.15) is 12.0 Å². The van der Waals surface area contributed by atoms with Gasteiger partial charge in [-0.2, -0.15) is 0 Å². The topological polar surface area (TPSA) is 52.6 Å². The maximum atomic E-state index is 10.8. The number of allylic oxidation sites excluding steroid dienone is 1. The zero-order valence-electron chi connectivity index (χ0n) is 7.92. The molecule has 0 N–H and O–H groups in total. The maximum Gasteiger partial charge on any atom is 0.338 e. The van der Waals surface area contributed by atoms with E-state index in [0.717, 1.165) is 6.26 Å². The quantitative estimate of drug-likeness (QED) is 0.379. The number of hydrogen-bond acceptors (Lipinski definition) is 4. The minimum absolute atomic E-state index is 0.224. The third kappa shape index (κ3) is 5.66. The van der Waals surface area contributed by atoms with Crippen molar-refractivity contribution in [2.24, 2.45) is 0 Å². The summed E-state index contributed by atoms with van der Waals surface area (Å²) < 4.78 is 9.18. The zero-order valence-corrected chi connectivity index (χ0v) is 7.92. The number of carbonyl (C=O) groups excluding carboxylic acids is 2. The molecule has 0 spiro atoms. The normalized spacial score (nSPS) is 10.5. The van der Waals surface area contributed by atoms with Crippen molar-refractivity contribution in [2.75, 3.05) is 0 Å². The molecule has 4 nitrogen and oxygen atoms in total. The Morgan fingerprint density at radius 2 is 1.77 bits per heavy atom. The van der Waals surface area contributed by atoms with Gasteiger partial charge in [-0.1, -0.05) is 6.58 Å². The SMILES string of the molecule is C=C(C)C(=O)OC=C(C)OC(C)=O. The van der Waals surface area contributed by atoms with Crippen molar-refractivity contribution in [3.8, 4) is 0 Å². The molecule has 13 heavy (non-hydrogen) atoms. The first kappa shape index (κ1) is 11.4. The van der Waals surface area contributed by atoms with E-state index in [0.29, 0.717) is 0 Å². The Bertz CT molecular complexity index is 263. The highest BCUT2D eigenvalue weighted by molar-refractivity contribution is 5.87. The Hall–Kier alpha value is -1.58. The van der Waals surface area contributed by atoms with E-state index in [1.807, 2.05) is 0 Å². The van der Waals surface area contributed by atoms with Crippen LogP contribution < -0.4 is 0 Å².